The van der Waals surface area contributed by atoms with Crippen LogP contribution in [0.5, 0.6) is 0 Å². The molecule has 224 valence electrons. The number of carbonyl (C=O) groups is 3. The average molecular weight is 571 g/mol. The van der Waals surface area contributed by atoms with E-state index in [1.54, 1.807) is 32.4 Å². The van der Waals surface area contributed by atoms with Crippen molar-refractivity contribution in [3.63, 3.8) is 0 Å². The second kappa shape index (κ2) is 9.17. The van der Waals surface area contributed by atoms with Crippen molar-refractivity contribution < 1.29 is 42.9 Å². The molecule has 0 unspecified atom stereocenters. The van der Waals surface area contributed by atoms with Crippen molar-refractivity contribution in [2.24, 2.45) is 39.9 Å². The third-order valence-corrected chi connectivity index (χ3v) is 11.9. The fraction of sp³-hybridized carbons (Fsp3) is 0.719. The molecule has 1 N–H and O–H groups in total. The van der Waals surface area contributed by atoms with Gasteiger partial charge in [0.25, 0.3) is 0 Å². The van der Waals surface area contributed by atoms with E-state index in [-0.39, 0.29) is 36.2 Å². The Morgan fingerprint density at radius 2 is 1.90 bits per heavy atom. The van der Waals surface area contributed by atoms with Crippen molar-refractivity contribution >= 4 is 17.9 Å². The molecular formula is C32H42O9. The highest BCUT2D eigenvalue weighted by Crippen LogP contribution is 2.78. The molecule has 6 rings (SSSR count). The summed E-state index contributed by atoms with van der Waals surface area (Å²) in [7, 11) is 1.28. The van der Waals surface area contributed by atoms with Gasteiger partial charge in [-0.1, -0.05) is 33.8 Å². The largest absolute Gasteiger partial charge is 0.472 e. The molecule has 0 radical (unpaired) electrons. The molecule has 11 atom stereocenters. The smallest absolute Gasteiger partial charge is 0.335 e. The zero-order chi connectivity index (χ0) is 29.7. The summed E-state index contributed by atoms with van der Waals surface area (Å²) in [4.78, 5) is 39.3. The van der Waals surface area contributed by atoms with Crippen molar-refractivity contribution in [2.75, 3.05) is 7.11 Å². The minimum absolute atomic E-state index is 0.0252. The van der Waals surface area contributed by atoms with Crippen LogP contribution in [0.1, 0.15) is 78.9 Å². The van der Waals surface area contributed by atoms with Crippen molar-refractivity contribution in [3.8, 4) is 0 Å². The lowest BCUT2D eigenvalue weighted by molar-refractivity contribution is -0.241. The summed E-state index contributed by atoms with van der Waals surface area (Å²) >= 11 is 0. The first-order valence-corrected chi connectivity index (χ1v) is 14.8. The van der Waals surface area contributed by atoms with Gasteiger partial charge in [0.05, 0.1) is 32.2 Å². The minimum atomic E-state index is -1.42. The predicted octanol–water partition coefficient (Wildman–Crippen LogP) is 4.53. The SMILES string of the molecule is C/C=C(\C)C(=O)O[C@@H]1[C@H]2C[C@](C)([C@H]3CC[C@]4(C)[C@@H](CC(=O)O[C@H]4c4ccoc4)[C@@]34O[C@@H]24)[C@@H]([C@@H](O)C(=O)OC)C1(C)C. The zero-order valence-electron chi connectivity index (χ0n) is 25.0. The Balaban J connectivity index is 1.48. The molecule has 1 spiro atoms. The number of esters is 3. The maximum Gasteiger partial charge on any atom is 0.335 e. The minimum Gasteiger partial charge on any atom is -0.472 e. The topological polar surface area (TPSA) is 125 Å². The van der Waals surface area contributed by atoms with E-state index in [2.05, 4.69) is 13.8 Å². The standard InChI is InChI=1S/C32H42O9/c1-8-16(2)27(35)40-25-18-14-31(6,23(29(25,3)4)22(34)28(36)37-7)19-9-11-30(5)20(32(19)26(18)41-32)13-21(33)39-24(30)17-10-12-38-15-17/h8,10,12,15,18-20,22-26,34H,9,11,13-14H2,1-7H3/b16-8+/t18-,19-,20-,22-,23+,24+,25-,26+,30-,31-,32+/m1/s1. The number of aliphatic hydroxyl groups is 1. The van der Waals surface area contributed by atoms with Gasteiger partial charge in [-0.15, -0.1) is 0 Å². The second-order valence-electron chi connectivity index (χ2n) is 14.1. The molecule has 2 bridgehead atoms. The molecule has 9 heteroatoms. The van der Waals surface area contributed by atoms with Crippen molar-refractivity contribution in [3.05, 3.63) is 35.8 Å². The van der Waals surface area contributed by atoms with Gasteiger partial charge >= 0.3 is 17.9 Å². The lowest BCUT2D eigenvalue weighted by Crippen LogP contribution is -2.70. The van der Waals surface area contributed by atoms with Gasteiger partial charge < -0.3 is 28.5 Å². The van der Waals surface area contributed by atoms with E-state index in [0.717, 1.165) is 18.4 Å². The van der Waals surface area contributed by atoms with Crippen LogP contribution in [0.15, 0.2) is 34.7 Å². The molecule has 2 aliphatic heterocycles. The first-order chi connectivity index (χ1) is 19.3. The summed E-state index contributed by atoms with van der Waals surface area (Å²) < 4.78 is 29.5. The highest BCUT2D eigenvalue weighted by molar-refractivity contribution is 5.87. The number of cyclic esters (lactones) is 1. The van der Waals surface area contributed by atoms with Crippen LogP contribution in [0, 0.1) is 39.9 Å². The van der Waals surface area contributed by atoms with Gasteiger partial charge in [-0.05, 0) is 50.5 Å². The number of furan rings is 1. The van der Waals surface area contributed by atoms with Gasteiger partial charge in [-0.2, -0.15) is 0 Å². The fourth-order valence-electron chi connectivity index (χ4n) is 10.2. The number of rotatable bonds is 5. The summed E-state index contributed by atoms with van der Waals surface area (Å²) in [5.41, 5.74) is -1.10. The number of fused-ring (bicyclic) bond motifs is 5. The quantitative estimate of drug-likeness (QED) is 0.235. The van der Waals surface area contributed by atoms with Crippen LogP contribution in [0.3, 0.4) is 0 Å². The van der Waals surface area contributed by atoms with Crippen LogP contribution in [0.4, 0.5) is 0 Å². The number of hydrogen-bond donors (Lipinski definition) is 1. The molecule has 41 heavy (non-hydrogen) atoms. The van der Waals surface area contributed by atoms with E-state index >= 15 is 0 Å². The van der Waals surface area contributed by atoms with Gasteiger partial charge in [-0.25, -0.2) is 9.59 Å². The van der Waals surface area contributed by atoms with E-state index in [4.69, 9.17) is 23.4 Å². The number of aliphatic hydroxyl groups excluding tert-OH is 1. The molecule has 3 aliphatic carbocycles. The Bertz CT molecular complexity index is 1280. The number of allylic oxidation sites excluding steroid dienone is 1. The molecule has 5 aliphatic rings. The second-order valence-corrected chi connectivity index (χ2v) is 14.1. The lowest BCUT2D eigenvalue weighted by atomic mass is 9.37. The van der Waals surface area contributed by atoms with Crippen LogP contribution in [0.25, 0.3) is 0 Å². The van der Waals surface area contributed by atoms with Crippen LogP contribution in [-0.4, -0.2) is 54.0 Å². The van der Waals surface area contributed by atoms with E-state index in [1.807, 2.05) is 19.9 Å². The predicted molar refractivity (Wildman–Crippen MR) is 145 cm³/mol. The summed E-state index contributed by atoms with van der Waals surface area (Å²) in [5.74, 6) is -2.34. The molecule has 3 heterocycles. The van der Waals surface area contributed by atoms with Crippen LogP contribution in [-0.2, 0) is 33.3 Å². The molecule has 1 aromatic rings. The first-order valence-electron chi connectivity index (χ1n) is 14.8. The van der Waals surface area contributed by atoms with Gasteiger partial charge in [0.15, 0.2) is 6.10 Å². The summed E-state index contributed by atoms with van der Waals surface area (Å²) in [6.07, 6.45) is 4.62. The Morgan fingerprint density at radius 3 is 2.54 bits per heavy atom. The normalized spacial score (nSPS) is 44.8. The van der Waals surface area contributed by atoms with E-state index < -0.39 is 58.0 Å². The van der Waals surface area contributed by atoms with Gasteiger partial charge in [0.1, 0.15) is 17.8 Å². The Labute approximate surface area is 240 Å². The third-order valence-electron chi connectivity index (χ3n) is 11.9. The molecule has 3 saturated carbocycles. The molecule has 5 fully saturated rings. The highest BCUT2D eigenvalue weighted by atomic mass is 16.6. The number of epoxide rings is 1. The Hall–Kier alpha value is -2.65. The number of carbonyl (C=O) groups excluding carboxylic acids is 3. The lowest BCUT2D eigenvalue weighted by Gasteiger charge is -2.66. The Kier molecular flexibility index (Phi) is 6.37. The highest BCUT2D eigenvalue weighted by Gasteiger charge is 2.84. The number of hydrogen-bond acceptors (Lipinski definition) is 9. The number of ether oxygens (including phenoxy) is 4. The van der Waals surface area contributed by atoms with Crippen molar-refractivity contribution in [2.45, 2.75) is 97.2 Å². The van der Waals surface area contributed by atoms with Crippen molar-refractivity contribution in [1.82, 2.24) is 0 Å². The van der Waals surface area contributed by atoms with E-state index in [9.17, 15) is 19.5 Å². The average Bonchev–Trinajstić information content (AvgIpc) is 3.40. The van der Waals surface area contributed by atoms with Crippen LogP contribution in [0.2, 0.25) is 0 Å². The summed E-state index contributed by atoms with van der Waals surface area (Å²) in [6, 6.07) is 1.85. The fourth-order valence-corrected chi connectivity index (χ4v) is 10.2. The molecule has 2 saturated heterocycles. The number of methoxy groups -OCH3 is 1. The van der Waals surface area contributed by atoms with Gasteiger partial charge in [0, 0.05) is 39.7 Å². The van der Waals surface area contributed by atoms with Crippen LogP contribution < -0.4 is 0 Å². The summed E-state index contributed by atoms with van der Waals surface area (Å²) in [6.45, 7) is 11.8. The maximum atomic E-state index is 13.2. The zero-order valence-corrected chi connectivity index (χ0v) is 25.0. The molecule has 1 aromatic heterocycles. The summed E-state index contributed by atoms with van der Waals surface area (Å²) in [5, 5.41) is 11.6. The molecular weight excluding hydrogens is 528 g/mol. The van der Waals surface area contributed by atoms with Crippen molar-refractivity contribution in [1.29, 1.82) is 0 Å². The van der Waals surface area contributed by atoms with E-state index in [0.29, 0.717) is 12.0 Å². The first kappa shape index (κ1) is 28.5. The third kappa shape index (κ3) is 3.70. The molecule has 9 nitrogen and oxygen atoms in total. The van der Waals surface area contributed by atoms with E-state index in [1.165, 1.54) is 7.11 Å². The molecule has 0 amide bonds. The molecule has 0 aromatic carbocycles. The monoisotopic (exact) mass is 570 g/mol. The maximum absolute atomic E-state index is 13.2. The van der Waals surface area contributed by atoms with Gasteiger partial charge in [0.2, 0.25) is 0 Å². The van der Waals surface area contributed by atoms with Gasteiger partial charge in [-0.3, -0.25) is 4.79 Å². The Morgan fingerprint density at radius 1 is 1.17 bits per heavy atom. The van der Waals surface area contributed by atoms with Crippen LogP contribution >= 0.6 is 0 Å².